The molecule has 0 radical (unpaired) electrons. The van der Waals surface area contributed by atoms with E-state index in [1.807, 2.05) is 12.2 Å². The van der Waals surface area contributed by atoms with Crippen LogP contribution < -0.4 is 26.8 Å². The maximum absolute atomic E-state index is 12.3. The molecule has 0 aromatic heterocycles. The van der Waals surface area contributed by atoms with Crippen LogP contribution >= 0.6 is 24.4 Å². The average Bonchev–Trinajstić information content (AvgIpc) is 2.65. The molecule has 0 saturated heterocycles. The fourth-order valence-corrected chi connectivity index (χ4v) is 2.29. The molecule has 30 heavy (non-hydrogen) atoms. The third-order valence-electron chi connectivity index (χ3n) is 3.20. The topological polar surface area (TPSA) is 102 Å². The van der Waals surface area contributed by atoms with E-state index in [1.165, 1.54) is 6.92 Å². The summed E-state index contributed by atoms with van der Waals surface area (Å²) in [7, 11) is 0. The zero-order chi connectivity index (χ0) is 22.7. The van der Waals surface area contributed by atoms with Gasteiger partial charge in [-0.05, 0) is 50.4 Å². The molecule has 0 aliphatic rings. The van der Waals surface area contributed by atoms with E-state index in [-0.39, 0.29) is 11.0 Å². The van der Waals surface area contributed by atoms with Crippen LogP contribution in [0.25, 0.3) is 0 Å². The largest absolute Gasteiger partial charge is 0.405 e. The Bertz CT molecular complexity index is 824. The van der Waals surface area contributed by atoms with Gasteiger partial charge < -0.3 is 16.0 Å². The zero-order valence-corrected chi connectivity index (χ0v) is 18.1. The Morgan fingerprint density at radius 1 is 1.00 bits per heavy atom. The highest BCUT2D eigenvalue weighted by molar-refractivity contribution is 7.80. The number of rotatable bonds is 7. The van der Waals surface area contributed by atoms with Gasteiger partial charge in [0.15, 0.2) is 10.2 Å². The predicted octanol–water partition coefficient (Wildman–Crippen LogP) is 2.24. The number of halogens is 3. The van der Waals surface area contributed by atoms with Crippen LogP contribution in [0.1, 0.15) is 26.3 Å². The summed E-state index contributed by atoms with van der Waals surface area (Å²) in [5.41, 5.74) is 6.85. The minimum atomic E-state index is -4.42. The van der Waals surface area contributed by atoms with E-state index in [0.29, 0.717) is 34.3 Å². The quantitative estimate of drug-likeness (QED) is 0.241. The van der Waals surface area contributed by atoms with Crippen molar-refractivity contribution in [2.75, 3.05) is 18.4 Å². The Morgan fingerprint density at radius 3 is 2.10 bits per heavy atom. The Kier molecular flexibility index (Phi) is 10.1. The van der Waals surface area contributed by atoms with Crippen molar-refractivity contribution in [3.05, 3.63) is 29.8 Å². The summed E-state index contributed by atoms with van der Waals surface area (Å²) in [6.45, 7) is 4.20. The predicted molar refractivity (Wildman–Crippen MR) is 120 cm³/mol. The number of alkyl halides is 3. The maximum atomic E-state index is 12.3. The van der Waals surface area contributed by atoms with Crippen LogP contribution in [0.3, 0.4) is 0 Å². The van der Waals surface area contributed by atoms with Crippen molar-refractivity contribution in [1.82, 2.24) is 21.5 Å². The average molecular weight is 462 g/mol. The Labute approximate surface area is 182 Å². The summed E-state index contributed by atoms with van der Waals surface area (Å²) in [4.78, 5) is 11.2. The molecule has 0 saturated carbocycles. The number of hydrogen-bond acceptors (Lipinski definition) is 5. The maximum Gasteiger partial charge on any atom is 0.405 e. The molecule has 0 fully saturated rings. The minimum Gasteiger partial charge on any atom is -0.362 e. The second-order valence-electron chi connectivity index (χ2n) is 5.80. The molecule has 0 atom stereocenters. The first kappa shape index (κ1) is 25.2. The number of carbonyl (C=O) groups excluding carboxylic acids is 1. The lowest BCUT2D eigenvalue weighted by atomic mass is 10.1. The van der Waals surface area contributed by atoms with Crippen LogP contribution in [0.4, 0.5) is 18.9 Å². The van der Waals surface area contributed by atoms with Crippen LogP contribution in [0, 0.1) is 0 Å². The standard InChI is InChI=1S/C17H22F3N7OS2/c1-4-21-15(29)26-24-10(2)14(25-27-16(30)22-9-17(18,19)20)12-5-7-13(8-6-12)23-11(3)28/h5-8H,4,9H2,1-3H3,(H,23,28)(H2,21,26,29)(H2,22,27,30). The van der Waals surface area contributed by atoms with Crippen molar-refractivity contribution in [2.45, 2.75) is 26.9 Å². The first-order valence-corrected chi connectivity index (χ1v) is 9.48. The summed E-state index contributed by atoms with van der Waals surface area (Å²) in [5, 5.41) is 15.7. The summed E-state index contributed by atoms with van der Waals surface area (Å²) in [6, 6.07) is 6.63. The van der Waals surface area contributed by atoms with Gasteiger partial charge in [-0.15, -0.1) is 0 Å². The van der Waals surface area contributed by atoms with Gasteiger partial charge in [-0.1, -0.05) is 12.1 Å². The molecule has 0 aliphatic carbocycles. The van der Waals surface area contributed by atoms with Crippen molar-refractivity contribution < 1.29 is 18.0 Å². The molecule has 1 amide bonds. The fraction of sp³-hybridized carbons (Fsp3) is 0.353. The molecule has 8 nitrogen and oxygen atoms in total. The summed E-state index contributed by atoms with van der Waals surface area (Å²) < 4.78 is 36.9. The van der Waals surface area contributed by atoms with E-state index in [2.05, 4.69) is 31.7 Å². The number of thiocarbonyl (C=S) groups is 2. The van der Waals surface area contributed by atoms with Crippen LogP contribution in [0.2, 0.25) is 0 Å². The summed E-state index contributed by atoms with van der Waals surface area (Å²) >= 11 is 9.87. The van der Waals surface area contributed by atoms with E-state index >= 15 is 0 Å². The molecule has 1 aromatic carbocycles. The van der Waals surface area contributed by atoms with Crippen molar-refractivity contribution in [1.29, 1.82) is 0 Å². The molecule has 5 N–H and O–H groups in total. The van der Waals surface area contributed by atoms with Gasteiger partial charge in [-0.3, -0.25) is 15.6 Å². The SMILES string of the molecule is CCNC(=S)NN=C(C)C(=NNC(=S)NCC(F)(F)F)c1ccc(NC(C)=O)cc1. The lowest BCUT2D eigenvalue weighted by molar-refractivity contribution is -0.122. The molecule has 1 rings (SSSR count). The fourth-order valence-electron chi connectivity index (χ4n) is 1.98. The molecular weight excluding hydrogens is 439 g/mol. The monoisotopic (exact) mass is 461 g/mol. The van der Waals surface area contributed by atoms with Gasteiger partial charge in [0.1, 0.15) is 12.3 Å². The third kappa shape index (κ3) is 10.1. The molecule has 0 heterocycles. The second kappa shape index (κ2) is 12.0. The summed E-state index contributed by atoms with van der Waals surface area (Å²) in [6.07, 6.45) is -4.42. The Morgan fingerprint density at radius 2 is 1.57 bits per heavy atom. The number of hydrogen-bond donors (Lipinski definition) is 5. The normalized spacial score (nSPS) is 12.1. The highest BCUT2D eigenvalue weighted by Gasteiger charge is 2.27. The van der Waals surface area contributed by atoms with E-state index in [9.17, 15) is 18.0 Å². The number of hydrazone groups is 2. The lowest BCUT2D eigenvalue weighted by Crippen LogP contribution is -2.39. The van der Waals surface area contributed by atoms with Crippen LogP contribution in [-0.2, 0) is 4.79 Å². The molecule has 164 valence electrons. The number of carbonyl (C=O) groups is 1. The first-order chi connectivity index (χ1) is 14.0. The molecule has 0 bridgehead atoms. The van der Waals surface area contributed by atoms with Crippen molar-refractivity contribution in [2.24, 2.45) is 10.2 Å². The number of nitrogens with zero attached hydrogens (tertiary/aromatic N) is 2. The number of nitrogens with one attached hydrogen (secondary N) is 5. The summed E-state index contributed by atoms with van der Waals surface area (Å²) in [5.74, 6) is -0.224. The zero-order valence-electron chi connectivity index (χ0n) is 16.5. The van der Waals surface area contributed by atoms with Crippen molar-refractivity contribution in [3.63, 3.8) is 0 Å². The van der Waals surface area contributed by atoms with E-state index in [4.69, 9.17) is 24.4 Å². The van der Waals surface area contributed by atoms with E-state index < -0.39 is 12.7 Å². The van der Waals surface area contributed by atoms with Gasteiger partial charge in [0.05, 0.1) is 5.71 Å². The highest BCUT2D eigenvalue weighted by Crippen LogP contribution is 2.12. The molecular formula is C17H22F3N7OS2. The molecule has 0 aliphatic heterocycles. The van der Waals surface area contributed by atoms with Gasteiger partial charge in [-0.2, -0.15) is 23.4 Å². The minimum absolute atomic E-state index is 0.224. The van der Waals surface area contributed by atoms with Crippen LogP contribution in [0.15, 0.2) is 34.5 Å². The second-order valence-corrected chi connectivity index (χ2v) is 6.61. The van der Waals surface area contributed by atoms with E-state index in [0.717, 1.165) is 0 Å². The van der Waals surface area contributed by atoms with Gasteiger partial charge in [0.25, 0.3) is 0 Å². The van der Waals surface area contributed by atoms with Gasteiger partial charge in [0.2, 0.25) is 5.91 Å². The highest BCUT2D eigenvalue weighted by atomic mass is 32.1. The smallest absolute Gasteiger partial charge is 0.362 e. The third-order valence-corrected chi connectivity index (χ3v) is 3.67. The first-order valence-electron chi connectivity index (χ1n) is 8.66. The molecule has 0 unspecified atom stereocenters. The number of amides is 1. The Hall–Kier alpha value is -2.80. The molecule has 0 spiro atoms. The van der Waals surface area contributed by atoms with Gasteiger partial charge in [-0.25, -0.2) is 0 Å². The number of anilines is 1. The van der Waals surface area contributed by atoms with Crippen LogP contribution in [-0.4, -0.2) is 46.8 Å². The van der Waals surface area contributed by atoms with Gasteiger partial charge in [0, 0.05) is 24.7 Å². The van der Waals surface area contributed by atoms with Crippen molar-refractivity contribution in [3.8, 4) is 0 Å². The van der Waals surface area contributed by atoms with E-state index in [1.54, 1.807) is 31.2 Å². The van der Waals surface area contributed by atoms with Crippen molar-refractivity contribution >= 4 is 57.7 Å². The van der Waals surface area contributed by atoms with Crippen LogP contribution in [0.5, 0.6) is 0 Å². The molecule has 13 heteroatoms. The van der Waals surface area contributed by atoms with Gasteiger partial charge >= 0.3 is 6.18 Å². The lowest BCUT2D eigenvalue weighted by Gasteiger charge is -2.12. The number of benzene rings is 1. The Balaban J connectivity index is 3.06. The molecule has 1 aromatic rings.